The number of carboxylic acid groups (broad SMARTS) is 1. The van der Waals surface area contributed by atoms with E-state index in [9.17, 15) is 9.59 Å². The molecule has 0 fully saturated rings. The number of ether oxygens (including phenoxy) is 1. The number of allylic oxidation sites excluding steroid dienone is 1. The first-order valence-electron chi connectivity index (χ1n) is 5.76. The number of aliphatic carboxylic acids is 1. The van der Waals surface area contributed by atoms with Crippen molar-refractivity contribution in [2.45, 2.75) is 13.3 Å². The fourth-order valence-electron chi connectivity index (χ4n) is 1.45. The van der Waals surface area contributed by atoms with E-state index >= 15 is 0 Å². The fourth-order valence-corrected chi connectivity index (χ4v) is 1.45. The lowest BCUT2D eigenvalue weighted by atomic mass is 10.1. The van der Waals surface area contributed by atoms with Gasteiger partial charge in [-0.2, -0.15) is 0 Å². The Bertz CT molecular complexity index is 423. The molecule has 1 aromatic rings. The highest BCUT2D eigenvalue weighted by molar-refractivity contribution is 5.94. The number of esters is 1. The minimum Gasteiger partial charge on any atom is -0.481 e. The zero-order chi connectivity index (χ0) is 13.4. The zero-order valence-electron chi connectivity index (χ0n) is 10.2. The van der Waals surface area contributed by atoms with E-state index in [0.29, 0.717) is 0 Å². The van der Waals surface area contributed by atoms with E-state index in [2.05, 4.69) is 0 Å². The molecule has 0 heterocycles. The van der Waals surface area contributed by atoms with Crippen LogP contribution in [0.2, 0.25) is 0 Å². The third-order valence-electron chi connectivity index (χ3n) is 2.35. The predicted molar refractivity (Wildman–Crippen MR) is 67.9 cm³/mol. The van der Waals surface area contributed by atoms with Crippen LogP contribution in [0, 0.1) is 5.92 Å². The normalized spacial score (nSPS) is 12.3. The van der Waals surface area contributed by atoms with Gasteiger partial charge in [-0.05, 0) is 18.9 Å². The van der Waals surface area contributed by atoms with Crippen LogP contribution in [-0.4, -0.2) is 23.7 Å². The Morgan fingerprint density at radius 1 is 1.33 bits per heavy atom. The number of benzene rings is 1. The van der Waals surface area contributed by atoms with E-state index in [-0.39, 0.29) is 13.0 Å². The summed E-state index contributed by atoms with van der Waals surface area (Å²) in [5, 5.41) is 8.93. The van der Waals surface area contributed by atoms with Gasteiger partial charge in [0.1, 0.15) is 0 Å². The Labute approximate surface area is 106 Å². The number of carbonyl (C=O) groups is 2. The molecule has 0 aromatic heterocycles. The number of carboxylic acids is 1. The first-order chi connectivity index (χ1) is 8.65. The summed E-state index contributed by atoms with van der Waals surface area (Å²) in [6.07, 6.45) is 3.59. The average Bonchev–Trinajstić information content (AvgIpc) is 2.35. The standard InChI is InChI=1S/C14H16O4/c1-2-18-14(17)12(13(15)16)10-6-9-11-7-4-3-5-8-11/h3-9,12H,2,10H2,1H3,(H,15,16). The maximum Gasteiger partial charge on any atom is 0.320 e. The van der Waals surface area contributed by atoms with Gasteiger partial charge in [0.15, 0.2) is 5.92 Å². The summed E-state index contributed by atoms with van der Waals surface area (Å²) in [6.45, 7) is 1.83. The second-order valence-corrected chi connectivity index (χ2v) is 3.69. The summed E-state index contributed by atoms with van der Waals surface area (Å²) in [7, 11) is 0. The monoisotopic (exact) mass is 248 g/mol. The summed E-state index contributed by atoms with van der Waals surface area (Å²) < 4.78 is 4.71. The van der Waals surface area contributed by atoms with Crippen molar-refractivity contribution in [3.05, 3.63) is 42.0 Å². The lowest BCUT2D eigenvalue weighted by Gasteiger charge is -2.08. The van der Waals surface area contributed by atoms with Crippen molar-refractivity contribution in [2.24, 2.45) is 5.92 Å². The molecule has 1 rings (SSSR count). The van der Waals surface area contributed by atoms with Gasteiger partial charge >= 0.3 is 11.9 Å². The molecule has 1 aromatic carbocycles. The van der Waals surface area contributed by atoms with Gasteiger partial charge in [0.25, 0.3) is 0 Å². The van der Waals surface area contributed by atoms with Gasteiger partial charge in [0.05, 0.1) is 6.61 Å². The molecule has 0 aliphatic rings. The van der Waals surface area contributed by atoms with E-state index in [4.69, 9.17) is 9.84 Å². The smallest absolute Gasteiger partial charge is 0.320 e. The molecule has 4 heteroatoms. The van der Waals surface area contributed by atoms with E-state index in [1.807, 2.05) is 30.3 Å². The third-order valence-corrected chi connectivity index (χ3v) is 2.35. The Kier molecular flexibility index (Phi) is 5.64. The molecule has 0 bridgehead atoms. The Morgan fingerprint density at radius 2 is 2.00 bits per heavy atom. The molecule has 0 radical (unpaired) electrons. The molecule has 1 atom stereocenters. The molecule has 1 N–H and O–H groups in total. The second-order valence-electron chi connectivity index (χ2n) is 3.69. The largest absolute Gasteiger partial charge is 0.481 e. The number of hydrogen-bond donors (Lipinski definition) is 1. The van der Waals surface area contributed by atoms with Gasteiger partial charge in [-0.3, -0.25) is 9.59 Å². The molecule has 0 saturated carbocycles. The highest BCUT2D eigenvalue weighted by Crippen LogP contribution is 2.10. The first-order valence-corrected chi connectivity index (χ1v) is 5.76. The molecule has 1 unspecified atom stereocenters. The number of carbonyl (C=O) groups excluding carboxylic acids is 1. The Balaban J connectivity index is 2.60. The van der Waals surface area contributed by atoms with Crippen molar-refractivity contribution >= 4 is 18.0 Å². The molecule has 96 valence electrons. The number of rotatable bonds is 6. The third kappa shape index (κ3) is 4.41. The second kappa shape index (κ2) is 7.27. The highest BCUT2D eigenvalue weighted by Gasteiger charge is 2.25. The Morgan fingerprint density at radius 3 is 2.56 bits per heavy atom. The minimum absolute atomic E-state index is 0.128. The van der Waals surface area contributed by atoms with Crippen LogP contribution in [0.4, 0.5) is 0 Å². The molecular weight excluding hydrogens is 232 g/mol. The van der Waals surface area contributed by atoms with Gasteiger partial charge in [-0.1, -0.05) is 42.5 Å². The lowest BCUT2D eigenvalue weighted by molar-refractivity contribution is -0.158. The van der Waals surface area contributed by atoms with E-state index in [1.54, 1.807) is 19.1 Å². The van der Waals surface area contributed by atoms with Gasteiger partial charge in [-0.25, -0.2) is 0 Å². The SMILES string of the molecule is CCOC(=O)C(CC=Cc1ccccc1)C(=O)O. The average molecular weight is 248 g/mol. The van der Waals surface area contributed by atoms with Gasteiger partial charge in [0.2, 0.25) is 0 Å². The maximum atomic E-state index is 11.4. The molecular formula is C14H16O4. The van der Waals surface area contributed by atoms with Gasteiger partial charge in [0, 0.05) is 0 Å². The van der Waals surface area contributed by atoms with Gasteiger partial charge < -0.3 is 9.84 Å². The van der Waals surface area contributed by atoms with Crippen molar-refractivity contribution < 1.29 is 19.4 Å². The first kappa shape index (κ1) is 14.0. The van der Waals surface area contributed by atoms with Crippen molar-refractivity contribution in [3.63, 3.8) is 0 Å². The lowest BCUT2D eigenvalue weighted by Crippen LogP contribution is -2.25. The van der Waals surface area contributed by atoms with Crippen LogP contribution in [0.3, 0.4) is 0 Å². The van der Waals surface area contributed by atoms with Crippen molar-refractivity contribution in [2.75, 3.05) is 6.61 Å². The predicted octanol–water partition coefficient (Wildman–Crippen LogP) is 2.35. The summed E-state index contributed by atoms with van der Waals surface area (Å²) in [6, 6.07) is 9.47. The van der Waals surface area contributed by atoms with Crippen molar-refractivity contribution in [1.29, 1.82) is 0 Å². The van der Waals surface area contributed by atoms with E-state index in [1.165, 1.54) is 0 Å². The summed E-state index contributed by atoms with van der Waals surface area (Å²) in [4.78, 5) is 22.3. The summed E-state index contributed by atoms with van der Waals surface area (Å²) in [5.74, 6) is -2.99. The van der Waals surface area contributed by atoms with Crippen molar-refractivity contribution in [1.82, 2.24) is 0 Å². The molecule has 4 nitrogen and oxygen atoms in total. The van der Waals surface area contributed by atoms with Crippen LogP contribution in [0.1, 0.15) is 18.9 Å². The summed E-state index contributed by atoms with van der Waals surface area (Å²) >= 11 is 0. The maximum absolute atomic E-state index is 11.4. The van der Waals surface area contributed by atoms with Crippen LogP contribution in [0.5, 0.6) is 0 Å². The van der Waals surface area contributed by atoms with Gasteiger partial charge in [-0.15, -0.1) is 0 Å². The molecule has 0 saturated heterocycles. The zero-order valence-corrected chi connectivity index (χ0v) is 10.2. The highest BCUT2D eigenvalue weighted by atomic mass is 16.5. The Hall–Kier alpha value is -2.10. The minimum atomic E-state index is -1.16. The van der Waals surface area contributed by atoms with Crippen molar-refractivity contribution in [3.8, 4) is 0 Å². The fraction of sp³-hybridized carbons (Fsp3) is 0.286. The van der Waals surface area contributed by atoms with Crippen LogP contribution >= 0.6 is 0 Å². The van der Waals surface area contributed by atoms with Crippen LogP contribution in [0.15, 0.2) is 36.4 Å². The molecule has 18 heavy (non-hydrogen) atoms. The topological polar surface area (TPSA) is 63.6 Å². The summed E-state index contributed by atoms with van der Waals surface area (Å²) in [5.41, 5.74) is 0.963. The molecule has 0 aliphatic heterocycles. The number of hydrogen-bond acceptors (Lipinski definition) is 3. The van der Waals surface area contributed by atoms with E-state index in [0.717, 1.165) is 5.56 Å². The molecule has 0 aliphatic carbocycles. The molecule has 0 amide bonds. The van der Waals surface area contributed by atoms with Crippen LogP contribution in [0.25, 0.3) is 6.08 Å². The van der Waals surface area contributed by atoms with Crippen LogP contribution in [-0.2, 0) is 14.3 Å². The molecule has 0 spiro atoms. The quantitative estimate of drug-likeness (QED) is 0.620. The van der Waals surface area contributed by atoms with E-state index < -0.39 is 17.9 Å². The van der Waals surface area contributed by atoms with Crippen LogP contribution < -0.4 is 0 Å².